The van der Waals surface area contributed by atoms with E-state index in [1.807, 2.05) is 62.6 Å². The van der Waals surface area contributed by atoms with Crippen LogP contribution in [-0.4, -0.2) is 57.7 Å². The summed E-state index contributed by atoms with van der Waals surface area (Å²) in [5.41, 5.74) is 0.544. The highest BCUT2D eigenvalue weighted by Gasteiger charge is 2.21. The molecule has 33 heavy (non-hydrogen) atoms. The predicted octanol–water partition coefficient (Wildman–Crippen LogP) is 4.58. The number of hydrogen-bond donors (Lipinski definition) is 1. The molecule has 0 aliphatic rings. The molecule has 0 fully saturated rings. The van der Waals surface area contributed by atoms with Gasteiger partial charge in [0, 0.05) is 24.9 Å². The third kappa shape index (κ3) is 9.26. The lowest BCUT2D eigenvalue weighted by Crippen LogP contribution is -2.40. The van der Waals surface area contributed by atoms with Gasteiger partial charge in [0.1, 0.15) is 12.4 Å². The van der Waals surface area contributed by atoms with Gasteiger partial charge in [0.2, 0.25) is 5.91 Å². The molecule has 180 valence electrons. The first-order valence-electron chi connectivity index (χ1n) is 11.5. The number of methoxy groups -OCH3 is 1. The SMILES string of the molecule is COC(=O)CCCCC=C(COc1cccc2ccccc12)C(=O)NCC(C)(C)CN(C)C. The van der Waals surface area contributed by atoms with E-state index in [0.717, 1.165) is 35.9 Å². The molecule has 0 aromatic heterocycles. The van der Waals surface area contributed by atoms with E-state index in [9.17, 15) is 9.59 Å². The van der Waals surface area contributed by atoms with Crippen LogP contribution in [0.2, 0.25) is 0 Å². The van der Waals surface area contributed by atoms with Crippen LogP contribution < -0.4 is 10.1 Å². The molecule has 2 aromatic carbocycles. The molecule has 0 atom stereocenters. The lowest BCUT2D eigenvalue weighted by molar-refractivity contribution is -0.140. The second-order valence-electron chi connectivity index (χ2n) is 9.40. The van der Waals surface area contributed by atoms with Crippen molar-refractivity contribution in [1.82, 2.24) is 10.2 Å². The van der Waals surface area contributed by atoms with Gasteiger partial charge in [-0.2, -0.15) is 0 Å². The number of nitrogens with one attached hydrogen (secondary N) is 1. The maximum absolute atomic E-state index is 13.0. The van der Waals surface area contributed by atoms with Crippen LogP contribution in [-0.2, 0) is 14.3 Å². The highest BCUT2D eigenvalue weighted by atomic mass is 16.5. The molecule has 0 aliphatic carbocycles. The van der Waals surface area contributed by atoms with Gasteiger partial charge in [-0.25, -0.2) is 0 Å². The zero-order chi connectivity index (χ0) is 24.3. The maximum atomic E-state index is 13.0. The first kappa shape index (κ1) is 26.4. The summed E-state index contributed by atoms with van der Waals surface area (Å²) in [6.07, 6.45) is 4.53. The highest BCUT2D eigenvalue weighted by Crippen LogP contribution is 2.25. The molecular formula is C27H38N2O4. The number of nitrogens with zero attached hydrogens (tertiary/aromatic N) is 1. The average molecular weight is 455 g/mol. The fraction of sp³-hybridized carbons (Fsp3) is 0.481. The summed E-state index contributed by atoms with van der Waals surface area (Å²) in [5.74, 6) is 0.430. The van der Waals surface area contributed by atoms with E-state index in [1.165, 1.54) is 7.11 Å². The molecular weight excluding hydrogens is 416 g/mol. The number of fused-ring (bicyclic) bond motifs is 1. The number of carbonyl (C=O) groups excluding carboxylic acids is 2. The molecule has 0 aliphatic heterocycles. The molecule has 0 bridgehead atoms. The van der Waals surface area contributed by atoms with Gasteiger partial charge in [0.25, 0.3) is 0 Å². The van der Waals surface area contributed by atoms with Crippen molar-refractivity contribution in [1.29, 1.82) is 0 Å². The number of ether oxygens (including phenoxy) is 2. The van der Waals surface area contributed by atoms with Gasteiger partial charge in [-0.3, -0.25) is 9.59 Å². The van der Waals surface area contributed by atoms with Crippen LogP contribution in [0.5, 0.6) is 5.75 Å². The van der Waals surface area contributed by atoms with Gasteiger partial charge < -0.3 is 19.7 Å². The zero-order valence-corrected chi connectivity index (χ0v) is 20.6. The quantitative estimate of drug-likeness (QED) is 0.273. The van der Waals surface area contributed by atoms with E-state index in [2.05, 4.69) is 28.8 Å². The maximum Gasteiger partial charge on any atom is 0.305 e. The number of benzene rings is 2. The average Bonchev–Trinajstić information content (AvgIpc) is 2.78. The topological polar surface area (TPSA) is 67.9 Å². The molecule has 6 nitrogen and oxygen atoms in total. The molecule has 6 heteroatoms. The molecule has 2 aromatic rings. The van der Waals surface area contributed by atoms with E-state index in [-0.39, 0.29) is 23.9 Å². The van der Waals surface area contributed by atoms with Gasteiger partial charge in [-0.05, 0) is 50.2 Å². The first-order valence-corrected chi connectivity index (χ1v) is 11.5. The van der Waals surface area contributed by atoms with Gasteiger partial charge >= 0.3 is 5.97 Å². The Morgan fingerprint density at radius 1 is 1.06 bits per heavy atom. The zero-order valence-electron chi connectivity index (χ0n) is 20.6. The smallest absolute Gasteiger partial charge is 0.305 e. The van der Waals surface area contributed by atoms with Crippen molar-refractivity contribution in [3.8, 4) is 5.75 Å². The molecule has 2 rings (SSSR count). The predicted molar refractivity (Wildman–Crippen MR) is 133 cm³/mol. The summed E-state index contributed by atoms with van der Waals surface area (Å²) in [7, 11) is 5.45. The fourth-order valence-electron chi connectivity index (χ4n) is 3.83. The number of hydrogen-bond acceptors (Lipinski definition) is 5. The van der Waals surface area contributed by atoms with Crippen molar-refractivity contribution in [3.05, 3.63) is 54.1 Å². The van der Waals surface area contributed by atoms with Crippen molar-refractivity contribution in [3.63, 3.8) is 0 Å². The second kappa shape index (κ2) is 13.0. The summed E-state index contributed by atoms with van der Waals surface area (Å²) in [4.78, 5) is 26.5. The number of amides is 1. The summed E-state index contributed by atoms with van der Waals surface area (Å²) in [6, 6.07) is 14.0. The summed E-state index contributed by atoms with van der Waals surface area (Å²) in [6.45, 7) is 5.89. The normalized spacial score (nSPS) is 12.1. The van der Waals surface area contributed by atoms with Crippen molar-refractivity contribution < 1.29 is 19.1 Å². The van der Waals surface area contributed by atoms with Crippen molar-refractivity contribution in [2.45, 2.75) is 39.5 Å². The fourth-order valence-corrected chi connectivity index (χ4v) is 3.83. The Hall–Kier alpha value is -2.86. The Balaban J connectivity index is 2.06. The minimum Gasteiger partial charge on any atom is -0.488 e. The summed E-state index contributed by atoms with van der Waals surface area (Å²) >= 11 is 0. The Bertz CT molecular complexity index is 945. The van der Waals surface area contributed by atoms with Crippen LogP contribution >= 0.6 is 0 Å². The molecule has 0 saturated carbocycles. The van der Waals surface area contributed by atoms with E-state index < -0.39 is 0 Å². The molecule has 1 amide bonds. The lowest BCUT2D eigenvalue weighted by Gasteiger charge is -2.28. The lowest BCUT2D eigenvalue weighted by atomic mass is 9.93. The Labute approximate surface area is 197 Å². The van der Waals surface area contributed by atoms with Gasteiger partial charge in [-0.15, -0.1) is 0 Å². The Morgan fingerprint density at radius 3 is 2.52 bits per heavy atom. The minimum absolute atomic E-state index is 0.0543. The van der Waals surface area contributed by atoms with E-state index >= 15 is 0 Å². The largest absolute Gasteiger partial charge is 0.488 e. The van der Waals surface area contributed by atoms with Gasteiger partial charge in [0.15, 0.2) is 0 Å². The summed E-state index contributed by atoms with van der Waals surface area (Å²) in [5, 5.41) is 5.20. The number of carbonyl (C=O) groups is 2. The van der Waals surface area contributed by atoms with E-state index in [4.69, 9.17) is 4.74 Å². The molecule has 1 N–H and O–H groups in total. The minimum atomic E-state index is -0.209. The standard InChI is InChI=1S/C27H38N2O4/c1-27(2,20-29(3)4)19-28-26(31)22(13-7-6-8-17-25(30)32-5)18-33-24-16-11-14-21-12-9-10-15-23(21)24/h9-16H,6-8,17-20H2,1-5H3,(H,28,31). The number of allylic oxidation sites excluding steroid dienone is 1. The van der Waals surface area contributed by atoms with Crippen molar-refractivity contribution in [2.75, 3.05) is 40.9 Å². The molecule has 0 saturated heterocycles. The van der Waals surface area contributed by atoms with Crippen LogP contribution in [0.4, 0.5) is 0 Å². The van der Waals surface area contributed by atoms with Crippen molar-refractivity contribution in [2.24, 2.45) is 5.41 Å². The van der Waals surface area contributed by atoms with Crippen LogP contribution in [0, 0.1) is 5.41 Å². The Morgan fingerprint density at radius 2 is 1.79 bits per heavy atom. The number of unbranched alkanes of at least 4 members (excludes halogenated alkanes) is 2. The molecule has 0 radical (unpaired) electrons. The monoisotopic (exact) mass is 454 g/mol. The van der Waals surface area contributed by atoms with Gasteiger partial charge in [-0.1, -0.05) is 56.3 Å². The molecule has 0 spiro atoms. The second-order valence-corrected chi connectivity index (χ2v) is 9.40. The third-order valence-electron chi connectivity index (χ3n) is 5.35. The third-order valence-corrected chi connectivity index (χ3v) is 5.35. The highest BCUT2D eigenvalue weighted by molar-refractivity contribution is 5.94. The van der Waals surface area contributed by atoms with Crippen LogP contribution in [0.1, 0.15) is 39.5 Å². The molecule has 0 heterocycles. The van der Waals surface area contributed by atoms with Crippen LogP contribution in [0.15, 0.2) is 54.1 Å². The van der Waals surface area contributed by atoms with Crippen LogP contribution in [0.25, 0.3) is 10.8 Å². The van der Waals surface area contributed by atoms with E-state index in [0.29, 0.717) is 25.0 Å². The molecule has 0 unspecified atom stereocenters. The van der Waals surface area contributed by atoms with Gasteiger partial charge in [0.05, 0.1) is 12.7 Å². The van der Waals surface area contributed by atoms with Crippen molar-refractivity contribution >= 4 is 22.6 Å². The van der Waals surface area contributed by atoms with Crippen LogP contribution in [0.3, 0.4) is 0 Å². The first-order chi connectivity index (χ1) is 15.7. The number of rotatable bonds is 13. The van der Waals surface area contributed by atoms with E-state index in [1.54, 1.807) is 0 Å². The Kier molecular flexibility index (Phi) is 10.4. The summed E-state index contributed by atoms with van der Waals surface area (Å²) < 4.78 is 10.8. The number of esters is 1.